The summed E-state index contributed by atoms with van der Waals surface area (Å²) in [6.45, 7) is 0. The summed E-state index contributed by atoms with van der Waals surface area (Å²) in [6, 6.07) is 0. The maximum Gasteiger partial charge on any atom is 0.223 e. The quantitative estimate of drug-likeness (QED) is 0.650. The van der Waals surface area contributed by atoms with Crippen molar-refractivity contribution < 1.29 is 9.90 Å². The number of rotatable bonds is 1. The molecule has 4 saturated carbocycles. The molecule has 0 radical (unpaired) electrons. The van der Waals surface area contributed by atoms with Gasteiger partial charge in [-0.2, -0.15) is 0 Å². The van der Waals surface area contributed by atoms with Crippen LogP contribution in [-0.4, -0.2) is 16.6 Å². The molecule has 4 aliphatic carbocycles. The van der Waals surface area contributed by atoms with Crippen LogP contribution in [0, 0.1) is 17.3 Å². The van der Waals surface area contributed by atoms with E-state index in [1.54, 1.807) is 0 Å². The highest BCUT2D eigenvalue weighted by Gasteiger charge is 2.59. The maximum atomic E-state index is 11.5. The van der Waals surface area contributed by atoms with Crippen LogP contribution >= 0.6 is 0 Å². The lowest BCUT2D eigenvalue weighted by Crippen LogP contribution is -2.59. The first-order valence-electron chi connectivity index (χ1n) is 5.54. The van der Waals surface area contributed by atoms with E-state index >= 15 is 0 Å². The minimum atomic E-state index is -0.556. The summed E-state index contributed by atoms with van der Waals surface area (Å²) >= 11 is 0. The highest BCUT2D eigenvalue weighted by atomic mass is 16.3. The molecule has 4 rings (SSSR count). The molecule has 0 heterocycles. The number of hydrogen-bond acceptors (Lipinski definition) is 2. The summed E-state index contributed by atoms with van der Waals surface area (Å²) in [7, 11) is 0. The van der Waals surface area contributed by atoms with Gasteiger partial charge in [-0.1, -0.05) is 0 Å². The minimum absolute atomic E-state index is 0.176. The van der Waals surface area contributed by atoms with Gasteiger partial charge >= 0.3 is 0 Å². The predicted octanol–water partition coefficient (Wildman–Crippen LogP) is 0.803. The monoisotopic (exact) mass is 195 g/mol. The number of carbonyl (C=O) groups is 1. The van der Waals surface area contributed by atoms with Crippen LogP contribution in [-0.2, 0) is 4.79 Å². The zero-order chi connectivity index (χ0) is 9.97. The molecule has 3 heteroatoms. The van der Waals surface area contributed by atoms with Crippen molar-refractivity contribution in [1.29, 1.82) is 0 Å². The smallest absolute Gasteiger partial charge is 0.223 e. The van der Waals surface area contributed by atoms with E-state index in [4.69, 9.17) is 5.73 Å². The second-order valence-electron chi connectivity index (χ2n) is 5.83. The SMILES string of the molecule is NC(=O)C12C[C@@H]3C[C@@H](CC(O)(C3)C1)C2. The van der Waals surface area contributed by atoms with Gasteiger partial charge in [0.25, 0.3) is 0 Å². The Morgan fingerprint density at radius 2 is 1.79 bits per heavy atom. The van der Waals surface area contributed by atoms with Crippen molar-refractivity contribution in [2.45, 2.75) is 44.1 Å². The van der Waals surface area contributed by atoms with E-state index in [9.17, 15) is 9.90 Å². The zero-order valence-electron chi connectivity index (χ0n) is 8.33. The van der Waals surface area contributed by atoms with E-state index < -0.39 is 5.60 Å². The fourth-order valence-electron chi connectivity index (χ4n) is 4.50. The van der Waals surface area contributed by atoms with Crippen LogP contribution < -0.4 is 5.73 Å². The molecule has 4 bridgehead atoms. The van der Waals surface area contributed by atoms with E-state index in [1.807, 2.05) is 0 Å². The van der Waals surface area contributed by atoms with Gasteiger partial charge in [0.15, 0.2) is 0 Å². The third-order valence-corrected chi connectivity index (χ3v) is 4.55. The molecule has 0 aliphatic heterocycles. The van der Waals surface area contributed by atoms with Crippen molar-refractivity contribution in [1.82, 2.24) is 0 Å². The normalized spacial score (nSPS) is 54.9. The average molecular weight is 195 g/mol. The molecule has 0 aromatic carbocycles. The first kappa shape index (κ1) is 8.72. The molecule has 0 aromatic rings. The van der Waals surface area contributed by atoms with Gasteiger partial charge in [0, 0.05) is 0 Å². The van der Waals surface area contributed by atoms with E-state index in [2.05, 4.69) is 0 Å². The summed E-state index contributed by atoms with van der Waals surface area (Å²) in [4.78, 5) is 11.5. The molecule has 78 valence electrons. The Morgan fingerprint density at radius 3 is 2.21 bits per heavy atom. The number of amides is 1. The van der Waals surface area contributed by atoms with Crippen LogP contribution in [0.2, 0.25) is 0 Å². The van der Waals surface area contributed by atoms with Gasteiger partial charge in [-0.25, -0.2) is 0 Å². The molecule has 2 unspecified atom stereocenters. The topological polar surface area (TPSA) is 63.3 Å². The molecule has 14 heavy (non-hydrogen) atoms. The first-order valence-corrected chi connectivity index (χ1v) is 5.54. The molecule has 3 nitrogen and oxygen atoms in total. The van der Waals surface area contributed by atoms with Crippen molar-refractivity contribution in [2.75, 3.05) is 0 Å². The Balaban J connectivity index is 2.00. The number of nitrogens with two attached hydrogens (primary N) is 1. The van der Waals surface area contributed by atoms with Gasteiger partial charge < -0.3 is 10.8 Å². The Labute approximate surface area is 83.7 Å². The van der Waals surface area contributed by atoms with E-state index in [0.717, 1.165) is 25.7 Å². The van der Waals surface area contributed by atoms with E-state index in [0.29, 0.717) is 18.3 Å². The Kier molecular flexibility index (Phi) is 1.45. The summed E-state index contributed by atoms with van der Waals surface area (Å²) in [5, 5.41) is 10.3. The Morgan fingerprint density at radius 1 is 1.21 bits per heavy atom. The standard InChI is InChI=1S/C11H17NO2/c12-9(13)10-2-7-1-8(3-10)5-11(14,4-7)6-10/h7-8,14H,1-6H2,(H2,12,13)/t7-,8+,10?,11?. The lowest BCUT2D eigenvalue weighted by Gasteiger charge is -2.58. The maximum absolute atomic E-state index is 11.5. The summed E-state index contributed by atoms with van der Waals surface area (Å²) in [6.07, 6.45) is 5.50. The van der Waals surface area contributed by atoms with Crippen molar-refractivity contribution in [2.24, 2.45) is 23.0 Å². The molecule has 0 spiro atoms. The van der Waals surface area contributed by atoms with Crippen LogP contribution in [0.4, 0.5) is 0 Å². The highest BCUT2D eigenvalue weighted by Crippen LogP contribution is 2.61. The van der Waals surface area contributed by atoms with Gasteiger partial charge in [0.1, 0.15) is 0 Å². The number of carbonyl (C=O) groups excluding carboxylic acids is 1. The highest BCUT2D eigenvalue weighted by molar-refractivity contribution is 5.81. The third-order valence-electron chi connectivity index (χ3n) is 4.55. The van der Waals surface area contributed by atoms with Crippen LogP contribution in [0.15, 0.2) is 0 Å². The Hall–Kier alpha value is -0.570. The summed E-state index contributed by atoms with van der Waals surface area (Å²) in [5.41, 5.74) is 4.60. The van der Waals surface area contributed by atoms with E-state index in [-0.39, 0.29) is 11.3 Å². The lowest BCUT2D eigenvalue weighted by molar-refractivity contribution is -0.175. The second kappa shape index (κ2) is 2.32. The molecule has 0 aromatic heterocycles. The summed E-state index contributed by atoms with van der Waals surface area (Å²) < 4.78 is 0. The minimum Gasteiger partial charge on any atom is -0.390 e. The van der Waals surface area contributed by atoms with Gasteiger partial charge in [-0.15, -0.1) is 0 Å². The van der Waals surface area contributed by atoms with Crippen LogP contribution in [0.25, 0.3) is 0 Å². The fraction of sp³-hybridized carbons (Fsp3) is 0.909. The van der Waals surface area contributed by atoms with E-state index in [1.165, 1.54) is 6.42 Å². The number of aliphatic hydroxyl groups is 1. The van der Waals surface area contributed by atoms with Crippen LogP contribution in [0.3, 0.4) is 0 Å². The average Bonchev–Trinajstić information content (AvgIpc) is 1.98. The molecule has 4 fully saturated rings. The third kappa shape index (κ3) is 0.991. The molecule has 4 atom stereocenters. The van der Waals surface area contributed by atoms with Gasteiger partial charge in [-0.3, -0.25) is 4.79 Å². The van der Waals surface area contributed by atoms with Gasteiger partial charge in [-0.05, 0) is 50.4 Å². The fourth-order valence-corrected chi connectivity index (χ4v) is 4.50. The van der Waals surface area contributed by atoms with Crippen molar-refractivity contribution in [3.63, 3.8) is 0 Å². The van der Waals surface area contributed by atoms with Crippen molar-refractivity contribution in [3.05, 3.63) is 0 Å². The molecule has 3 N–H and O–H groups in total. The number of hydrogen-bond donors (Lipinski definition) is 2. The largest absolute Gasteiger partial charge is 0.390 e. The number of primary amides is 1. The van der Waals surface area contributed by atoms with Gasteiger partial charge in [0.2, 0.25) is 5.91 Å². The van der Waals surface area contributed by atoms with Crippen molar-refractivity contribution >= 4 is 5.91 Å². The summed E-state index contributed by atoms with van der Waals surface area (Å²) in [5.74, 6) is 0.924. The molecular weight excluding hydrogens is 178 g/mol. The van der Waals surface area contributed by atoms with Crippen LogP contribution in [0.5, 0.6) is 0 Å². The Bertz CT molecular complexity index is 286. The zero-order valence-corrected chi connectivity index (χ0v) is 8.33. The molecule has 1 amide bonds. The lowest BCUT2D eigenvalue weighted by atomic mass is 9.48. The van der Waals surface area contributed by atoms with Gasteiger partial charge in [0.05, 0.1) is 11.0 Å². The van der Waals surface area contributed by atoms with Crippen LogP contribution in [0.1, 0.15) is 38.5 Å². The molecule has 0 saturated heterocycles. The van der Waals surface area contributed by atoms with Crippen molar-refractivity contribution in [3.8, 4) is 0 Å². The first-order chi connectivity index (χ1) is 6.51. The molecule has 4 aliphatic rings. The predicted molar refractivity (Wildman–Crippen MR) is 51.3 cm³/mol. The second-order valence-corrected chi connectivity index (χ2v) is 5.83. The molecular formula is C11H17NO2.